The van der Waals surface area contributed by atoms with E-state index < -0.39 is 0 Å². The largest absolute Gasteiger partial charge is 0.351 e. The topological polar surface area (TPSA) is 45.7 Å². The summed E-state index contributed by atoms with van der Waals surface area (Å²) in [4.78, 5) is 14.0. The van der Waals surface area contributed by atoms with E-state index in [0.717, 1.165) is 24.3 Å². The third-order valence-corrected chi connectivity index (χ3v) is 8.33. The van der Waals surface area contributed by atoms with Gasteiger partial charge in [-0.25, -0.2) is 0 Å². The van der Waals surface area contributed by atoms with E-state index in [0.29, 0.717) is 12.0 Å². The van der Waals surface area contributed by atoms with Crippen LogP contribution in [0.15, 0.2) is 47.8 Å². The first-order chi connectivity index (χ1) is 13.7. The van der Waals surface area contributed by atoms with Gasteiger partial charge in [0.1, 0.15) is 6.04 Å². The number of quaternary nitrogens is 1. The molecule has 4 aliphatic rings. The molecule has 0 spiro atoms. The first-order valence-electron chi connectivity index (χ1n) is 10.9. The van der Waals surface area contributed by atoms with Crippen molar-refractivity contribution in [2.75, 3.05) is 13.1 Å². The zero-order chi connectivity index (χ0) is 19.0. The molecule has 0 saturated heterocycles. The van der Waals surface area contributed by atoms with Gasteiger partial charge in [-0.15, -0.1) is 11.3 Å². The van der Waals surface area contributed by atoms with Crippen LogP contribution in [0.5, 0.6) is 0 Å². The Balaban J connectivity index is 1.19. The molecule has 4 bridgehead atoms. The van der Waals surface area contributed by atoms with Crippen molar-refractivity contribution in [1.82, 2.24) is 5.32 Å². The molecular weight excluding hydrogens is 364 g/mol. The second kappa shape index (κ2) is 7.64. The quantitative estimate of drug-likeness (QED) is 0.737. The zero-order valence-electron chi connectivity index (χ0n) is 16.5. The van der Waals surface area contributed by atoms with Crippen molar-refractivity contribution in [2.24, 2.45) is 23.2 Å². The van der Waals surface area contributed by atoms with Crippen molar-refractivity contribution in [1.29, 1.82) is 0 Å². The average molecular weight is 396 g/mol. The molecule has 2 aromatic rings. The lowest BCUT2D eigenvalue weighted by Gasteiger charge is -2.56. The summed E-state index contributed by atoms with van der Waals surface area (Å²) in [5.41, 5.74) is 1.68. The predicted octanol–water partition coefficient (Wildman–Crippen LogP) is 3.73. The van der Waals surface area contributed by atoms with Crippen LogP contribution in [0.1, 0.15) is 55.0 Å². The Bertz CT molecular complexity index is 766. The predicted molar refractivity (Wildman–Crippen MR) is 113 cm³/mol. The van der Waals surface area contributed by atoms with Gasteiger partial charge in [0.15, 0.2) is 6.54 Å². The van der Waals surface area contributed by atoms with Gasteiger partial charge in [-0.3, -0.25) is 4.79 Å². The van der Waals surface area contributed by atoms with Gasteiger partial charge in [-0.2, -0.15) is 0 Å². The molecule has 1 aromatic heterocycles. The van der Waals surface area contributed by atoms with E-state index in [1.807, 2.05) is 6.07 Å². The molecule has 4 fully saturated rings. The van der Waals surface area contributed by atoms with E-state index in [9.17, 15) is 4.79 Å². The molecule has 0 radical (unpaired) electrons. The Morgan fingerprint density at radius 2 is 1.71 bits per heavy atom. The first kappa shape index (κ1) is 18.4. The van der Waals surface area contributed by atoms with Crippen LogP contribution < -0.4 is 10.6 Å². The van der Waals surface area contributed by atoms with Gasteiger partial charge >= 0.3 is 0 Å². The molecule has 1 aromatic carbocycles. The maximum atomic E-state index is 12.7. The summed E-state index contributed by atoms with van der Waals surface area (Å²) in [6.07, 6.45) is 8.43. The number of carbonyl (C=O) groups is 1. The summed E-state index contributed by atoms with van der Waals surface area (Å²) in [6, 6.07) is 15.0. The van der Waals surface area contributed by atoms with E-state index in [4.69, 9.17) is 0 Å². The fourth-order valence-corrected chi connectivity index (χ4v) is 7.49. The fraction of sp³-hybridized carbons (Fsp3) is 0.542. The Morgan fingerprint density at radius 1 is 1.04 bits per heavy atom. The molecule has 4 aliphatic carbocycles. The highest BCUT2D eigenvalue weighted by atomic mass is 32.1. The summed E-state index contributed by atoms with van der Waals surface area (Å²) >= 11 is 1.77. The molecule has 28 heavy (non-hydrogen) atoms. The normalized spacial score (nSPS) is 31.6. The Labute approximate surface area is 171 Å². The van der Waals surface area contributed by atoms with Gasteiger partial charge in [-0.05, 0) is 73.1 Å². The second-order valence-corrected chi connectivity index (χ2v) is 10.5. The second-order valence-electron chi connectivity index (χ2n) is 9.54. The number of thiophene rings is 1. The summed E-state index contributed by atoms with van der Waals surface area (Å²) in [7, 11) is 0. The van der Waals surface area contributed by atoms with E-state index in [1.165, 1.54) is 49.0 Å². The Morgan fingerprint density at radius 3 is 2.32 bits per heavy atom. The molecule has 148 valence electrons. The number of rotatable bonds is 7. The number of benzene rings is 1. The van der Waals surface area contributed by atoms with E-state index >= 15 is 0 Å². The molecule has 0 aliphatic heterocycles. The van der Waals surface area contributed by atoms with Gasteiger partial charge in [0.25, 0.3) is 5.91 Å². The molecule has 4 saturated carbocycles. The van der Waals surface area contributed by atoms with Gasteiger partial charge in [0.2, 0.25) is 0 Å². The summed E-state index contributed by atoms with van der Waals surface area (Å²) in [6.45, 7) is 1.39. The third-order valence-electron chi connectivity index (χ3n) is 7.37. The van der Waals surface area contributed by atoms with Crippen molar-refractivity contribution < 1.29 is 10.1 Å². The lowest BCUT2D eigenvalue weighted by atomic mass is 9.49. The molecule has 4 heteroatoms. The van der Waals surface area contributed by atoms with Gasteiger partial charge < -0.3 is 10.6 Å². The summed E-state index contributed by atoms with van der Waals surface area (Å²) in [5.74, 6) is 3.01. The maximum absolute atomic E-state index is 12.7. The standard InChI is InChI=1S/C24H30N2OS/c27-22(26-16-24-12-17-9-18(13-24)11-19(10-17)14-24)15-25-23(21-7-4-8-28-21)20-5-2-1-3-6-20/h1-8,17-19,23,25H,9-16H2,(H,26,27)/p+1/t17?,18?,19?,23-,24?/m0/s1. The van der Waals surface area contributed by atoms with Crippen molar-refractivity contribution in [3.05, 3.63) is 58.3 Å². The Kier molecular flexibility index (Phi) is 5.02. The van der Waals surface area contributed by atoms with Crippen molar-refractivity contribution in [3.63, 3.8) is 0 Å². The van der Waals surface area contributed by atoms with Crippen LogP contribution in [0, 0.1) is 23.2 Å². The molecule has 6 rings (SSSR count). The smallest absolute Gasteiger partial charge is 0.275 e. The molecule has 1 amide bonds. The number of hydrogen-bond donors (Lipinski definition) is 2. The Hall–Kier alpha value is -1.65. The summed E-state index contributed by atoms with van der Waals surface area (Å²) in [5, 5.41) is 7.63. The molecule has 0 unspecified atom stereocenters. The number of hydrogen-bond acceptors (Lipinski definition) is 2. The highest BCUT2D eigenvalue weighted by molar-refractivity contribution is 7.10. The molecular formula is C24H31N2OS+. The average Bonchev–Trinajstić information content (AvgIpc) is 3.21. The number of nitrogens with two attached hydrogens (primary N) is 1. The van der Waals surface area contributed by atoms with Crippen molar-refractivity contribution in [2.45, 2.75) is 44.6 Å². The van der Waals surface area contributed by atoms with Crippen LogP contribution in [0.2, 0.25) is 0 Å². The minimum absolute atomic E-state index is 0.188. The van der Waals surface area contributed by atoms with Gasteiger partial charge in [0.05, 0.1) is 4.88 Å². The van der Waals surface area contributed by atoms with Crippen LogP contribution in [-0.2, 0) is 4.79 Å². The molecule has 1 atom stereocenters. The van der Waals surface area contributed by atoms with E-state index in [-0.39, 0.29) is 11.9 Å². The van der Waals surface area contributed by atoms with Crippen LogP contribution in [0.3, 0.4) is 0 Å². The molecule has 3 N–H and O–H groups in total. The monoisotopic (exact) mass is 395 g/mol. The van der Waals surface area contributed by atoms with E-state index in [1.54, 1.807) is 11.3 Å². The van der Waals surface area contributed by atoms with Crippen LogP contribution >= 0.6 is 11.3 Å². The van der Waals surface area contributed by atoms with E-state index in [2.05, 4.69) is 52.4 Å². The molecule has 3 nitrogen and oxygen atoms in total. The van der Waals surface area contributed by atoms with Crippen molar-refractivity contribution in [3.8, 4) is 0 Å². The lowest BCUT2D eigenvalue weighted by Crippen LogP contribution is -2.87. The van der Waals surface area contributed by atoms with Crippen LogP contribution in [-0.4, -0.2) is 19.0 Å². The first-order valence-corrected chi connectivity index (χ1v) is 11.8. The number of amides is 1. The highest BCUT2D eigenvalue weighted by Gasteiger charge is 2.50. The number of nitrogens with one attached hydrogen (secondary N) is 1. The fourth-order valence-electron chi connectivity index (χ4n) is 6.63. The molecule has 1 heterocycles. The zero-order valence-corrected chi connectivity index (χ0v) is 17.3. The summed E-state index contributed by atoms with van der Waals surface area (Å²) < 4.78 is 0. The van der Waals surface area contributed by atoms with Crippen LogP contribution in [0.4, 0.5) is 0 Å². The minimum atomic E-state index is 0.188. The highest BCUT2D eigenvalue weighted by Crippen LogP contribution is 2.59. The maximum Gasteiger partial charge on any atom is 0.275 e. The number of carbonyl (C=O) groups excluding carboxylic acids is 1. The minimum Gasteiger partial charge on any atom is -0.351 e. The van der Waals surface area contributed by atoms with Gasteiger partial charge in [0, 0.05) is 12.1 Å². The lowest BCUT2D eigenvalue weighted by molar-refractivity contribution is -0.676. The SMILES string of the molecule is O=C(C[NH2+][C@@H](c1ccccc1)c1cccs1)NCC12CC3CC(CC(C3)C1)C2. The van der Waals surface area contributed by atoms with Crippen molar-refractivity contribution >= 4 is 17.2 Å². The third kappa shape index (κ3) is 3.77. The van der Waals surface area contributed by atoms with Gasteiger partial charge in [-0.1, -0.05) is 36.4 Å². The van der Waals surface area contributed by atoms with Crippen LogP contribution in [0.25, 0.3) is 0 Å².